The van der Waals surface area contributed by atoms with Crippen LogP contribution >= 0.6 is 0 Å². The number of alkyl halides is 2. The van der Waals surface area contributed by atoms with Gasteiger partial charge in [0.25, 0.3) is 0 Å². The Hall–Kier alpha value is -3.55. The average molecular weight is 373 g/mol. The van der Waals surface area contributed by atoms with E-state index in [9.17, 15) is 18.4 Å². The number of cyclic esters (lactones) is 1. The maximum atomic E-state index is 12.3. The van der Waals surface area contributed by atoms with Gasteiger partial charge >= 0.3 is 18.6 Å². The fourth-order valence-electron chi connectivity index (χ4n) is 2.40. The third-order valence-electron chi connectivity index (χ3n) is 3.58. The molecule has 0 N–H and O–H groups in total. The van der Waals surface area contributed by atoms with Gasteiger partial charge in [0.15, 0.2) is 5.70 Å². The minimum Gasteiger partial charge on any atom is -0.465 e. The molecule has 0 aromatic heterocycles. The zero-order chi connectivity index (χ0) is 19.4. The quantitative estimate of drug-likeness (QED) is 0.593. The van der Waals surface area contributed by atoms with E-state index in [1.54, 1.807) is 24.3 Å². The first-order valence-electron chi connectivity index (χ1n) is 7.73. The summed E-state index contributed by atoms with van der Waals surface area (Å²) in [6.07, 6.45) is 1.39. The molecule has 27 heavy (non-hydrogen) atoms. The van der Waals surface area contributed by atoms with Crippen LogP contribution < -0.4 is 4.74 Å². The van der Waals surface area contributed by atoms with Crippen molar-refractivity contribution in [1.82, 2.24) is 0 Å². The monoisotopic (exact) mass is 373 g/mol. The number of carbonyl (C=O) groups excluding carboxylic acids is 2. The number of methoxy groups -OCH3 is 1. The lowest BCUT2D eigenvalue weighted by atomic mass is 10.1. The van der Waals surface area contributed by atoms with E-state index < -0.39 is 18.6 Å². The van der Waals surface area contributed by atoms with Crippen molar-refractivity contribution in [2.75, 3.05) is 7.11 Å². The molecule has 2 aromatic rings. The molecule has 1 aliphatic heterocycles. The maximum Gasteiger partial charge on any atom is 0.387 e. The molecule has 0 atom stereocenters. The summed E-state index contributed by atoms with van der Waals surface area (Å²) in [7, 11) is 1.25. The second kappa shape index (κ2) is 7.77. The fraction of sp³-hybridized carbons (Fsp3) is 0.105. The van der Waals surface area contributed by atoms with Gasteiger partial charge in [0, 0.05) is 5.56 Å². The van der Waals surface area contributed by atoms with E-state index in [1.165, 1.54) is 37.5 Å². The molecule has 0 unspecified atom stereocenters. The summed E-state index contributed by atoms with van der Waals surface area (Å²) in [6.45, 7) is -2.97. The van der Waals surface area contributed by atoms with Crippen molar-refractivity contribution in [3.8, 4) is 5.75 Å². The van der Waals surface area contributed by atoms with Crippen LogP contribution in [-0.2, 0) is 14.3 Å². The highest BCUT2D eigenvalue weighted by Crippen LogP contribution is 2.23. The Kier molecular flexibility index (Phi) is 5.25. The molecule has 0 fully saturated rings. The van der Waals surface area contributed by atoms with Crippen LogP contribution in [0.2, 0.25) is 0 Å². The Balaban J connectivity index is 1.94. The predicted octanol–water partition coefficient (Wildman–Crippen LogP) is 3.42. The third kappa shape index (κ3) is 4.17. The Labute approximate surface area is 152 Å². The number of aliphatic imine (C=N–C) groups is 1. The van der Waals surface area contributed by atoms with Gasteiger partial charge in [-0.1, -0.05) is 24.3 Å². The number of esters is 2. The number of nitrogens with zero attached hydrogens (tertiary/aromatic N) is 1. The normalized spacial score (nSPS) is 14.9. The van der Waals surface area contributed by atoms with E-state index in [2.05, 4.69) is 9.73 Å². The molecule has 2 aromatic carbocycles. The summed E-state index contributed by atoms with van der Waals surface area (Å²) in [4.78, 5) is 28.0. The molecule has 0 aliphatic carbocycles. The Bertz CT molecular complexity index is 953. The van der Waals surface area contributed by atoms with Gasteiger partial charge in [0.1, 0.15) is 5.75 Å². The average Bonchev–Trinajstić information content (AvgIpc) is 3.02. The summed E-state index contributed by atoms with van der Waals surface area (Å²) in [6, 6.07) is 12.2. The topological polar surface area (TPSA) is 74.2 Å². The van der Waals surface area contributed by atoms with E-state index in [1.807, 2.05) is 0 Å². The van der Waals surface area contributed by atoms with Gasteiger partial charge < -0.3 is 14.2 Å². The predicted molar refractivity (Wildman–Crippen MR) is 91.5 cm³/mol. The molecular formula is C19H13F2NO5. The molecule has 0 saturated carbocycles. The number of hydrogen-bond acceptors (Lipinski definition) is 6. The minimum atomic E-state index is -2.97. The van der Waals surface area contributed by atoms with Gasteiger partial charge in [0.2, 0.25) is 5.90 Å². The second-order valence-electron chi connectivity index (χ2n) is 5.32. The van der Waals surface area contributed by atoms with Gasteiger partial charge in [-0.25, -0.2) is 14.6 Å². The van der Waals surface area contributed by atoms with E-state index in [4.69, 9.17) is 9.47 Å². The van der Waals surface area contributed by atoms with Crippen molar-refractivity contribution in [3.63, 3.8) is 0 Å². The van der Waals surface area contributed by atoms with Crippen molar-refractivity contribution in [3.05, 3.63) is 70.9 Å². The van der Waals surface area contributed by atoms with Crippen LogP contribution in [-0.4, -0.2) is 31.6 Å². The van der Waals surface area contributed by atoms with Gasteiger partial charge in [-0.05, 0) is 35.9 Å². The van der Waals surface area contributed by atoms with Crippen LogP contribution in [0.5, 0.6) is 5.75 Å². The van der Waals surface area contributed by atoms with Gasteiger partial charge in [-0.3, -0.25) is 0 Å². The van der Waals surface area contributed by atoms with Crippen molar-refractivity contribution in [1.29, 1.82) is 0 Å². The highest BCUT2D eigenvalue weighted by molar-refractivity contribution is 6.13. The van der Waals surface area contributed by atoms with Crippen LogP contribution in [0.15, 0.2) is 59.2 Å². The molecular weight excluding hydrogens is 360 g/mol. The molecule has 0 bridgehead atoms. The molecule has 3 rings (SSSR count). The van der Waals surface area contributed by atoms with Crippen LogP contribution in [0.1, 0.15) is 21.5 Å². The van der Waals surface area contributed by atoms with Crippen LogP contribution in [0.3, 0.4) is 0 Å². The molecule has 1 heterocycles. The van der Waals surface area contributed by atoms with Gasteiger partial charge in [-0.2, -0.15) is 8.78 Å². The van der Waals surface area contributed by atoms with E-state index in [-0.39, 0.29) is 22.9 Å². The number of ether oxygens (including phenoxy) is 3. The Morgan fingerprint density at radius 3 is 2.70 bits per heavy atom. The number of benzene rings is 2. The molecule has 138 valence electrons. The lowest BCUT2D eigenvalue weighted by Crippen LogP contribution is -2.07. The highest BCUT2D eigenvalue weighted by atomic mass is 19.3. The first-order chi connectivity index (χ1) is 13.0. The summed E-state index contributed by atoms with van der Waals surface area (Å²) < 4.78 is 38.8. The number of rotatable bonds is 5. The zero-order valence-electron chi connectivity index (χ0n) is 14.0. The smallest absolute Gasteiger partial charge is 0.387 e. The van der Waals surface area contributed by atoms with Crippen LogP contribution in [0.25, 0.3) is 6.08 Å². The summed E-state index contributed by atoms with van der Waals surface area (Å²) in [5.74, 6) is -1.43. The van der Waals surface area contributed by atoms with Gasteiger partial charge in [0.05, 0.1) is 12.7 Å². The van der Waals surface area contributed by atoms with E-state index >= 15 is 0 Å². The fourth-order valence-corrected chi connectivity index (χ4v) is 2.40. The SMILES string of the molecule is COC(=O)c1ccccc1C=C1N=C(c2cccc(OC(F)F)c2)OC1=O. The molecule has 8 heteroatoms. The van der Waals surface area contributed by atoms with Crippen LogP contribution in [0, 0.1) is 0 Å². The molecule has 1 aliphatic rings. The third-order valence-corrected chi connectivity index (χ3v) is 3.58. The molecule has 6 nitrogen and oxygen atoms in total. The summed E-state index contributed by atoms with van der Waals surface area (Å²) >= 11 is 0. The lowest BCUT2D eigenvalue weighted by Gasteiger charge is -2.05. The Morgan fingerprint density at radius 1 is 1.19 bits per heavy atom. The summed E-state index contributed by atoms with van der Waals surface area (Å²) in [5.41, 5.74) is 0.944. The number of hydrogen-bond donors (Lipinski definition) is 0. The largest absolute Gasteiger partial charge is 0.465 e. The standard InChI is InChI=1S/C19H13F2NO5/c1-25-17(23)14-8-3-2-5-11(14)10-15-18(24)27-16(22-15)12-6-4-7-13(9-12)26-19(20)21/h2-10,19H,1H3. The van der Waals surface area contributed by atoms with Crippen molar-refractivity contribution >= 4 is 23.9 Å². The molecule has 0 saturated heterocycles. The minimum absolute atomic E-state index is 0.0402. The van der Waals surface area contributed by atoms with E-state index in [0.29, 0.717) is 11.1 Å². The first kappa shape index (κ1) is 18.2. The van der Waals surface area contributed by atoms with Crippen molar-refractivity contribution < 1.29 is 32.6 Å². The lowest BCUT2D eigenvalue weighted by molar-refractivity contribution is -0.129. The molecule has 0 spiro atoms. The van der Waals surface area contributed by atoms with Crippen molar-refractivity contribution in [2.24, 2.45) is 4.99 Å². The molecule has 0 radical (unpaired) electrons. The second-order valence-corrected chi connectivity index (χ2v) is 5.32. The number of halogens is 2. The van der Waals surface area contributed by atoms with Gasteiger partial charge in [-0.15, -0.1) is 0 Å². The zero-order valence-corrected chi connectivity index (χ0v) is 14.0. The number of carbonyl (C=O) groups is 2. The van der Waals surface area contributed by atoms with E-state index in [0.717, 1.165) is 0 Å². The highest BCUT2D eigenvalue weighted by Gasteiger charge is 2.25. The van der Waals surface area contributed by atoms with Crippen molar-refractivity contribution in [2.45, 2.75) is 6.61 Å². The first-order valence-corrected chi connectivity index (χ1v) is 7.73. The Morgan fingerprint density at radius 2 is 1.96 bits per heavy atom. The molecule has 0 amide bonds. The maximum absolute atomic E-state index is 12.3. The summed E-state index contributed by atoms with van der Waals surface area (Å²) in [5, 5.41) is 0. The van der Waals surface area contributed by atoms with Crippen LogP contribution in [0.4, 0.5) is 8.78 Å².